The number of rotatable bonds is 6. The molecule has 1 heterocycles. The van der Waals surface area contributed by atoms with Gasteiger partial charge in [0, 0.05) is 38.0 Å². The quantitative estimate of drug-likeness (QED) is 0.540. The summed E-state index contributed by atoms with van der Waals surface area (Å²) in [4.78, 5) is 46.1. The van der Waals surface area contributed by atoms with Gasteiger partial charge in [0.1, 0.15) is 0 Å². The van der Waals surface area contributed by atoms with Crippen LogP contribution < -0.4 is 5.32 Å². The summed E-state index contributed by atoms with van der Waals surface area (Å²) in [5, 5.41) is 2.65. The van der Waals surface area contributed by atoms with Gasteiger partial charge in [-0.25, -0.2) is 4.90 Å². The first-order valence-electron chi connectivity index (χ1n) is 5.70. The van der Waals surface area contributed by atoms with Crippen molar-refractivity contribution in [2.45, 2.75) is 25.7 Å². The lowest BCUT2D eigenvalue weighted by Crippen LogP contribution is -2.36. The fourth-order valence-corrected chi connectivity index (χ4v) is 1.87. The summed E-state index contributed by atoms with van der Waals surface area (Å²) in [7, 11) is 0. The zero-order chi connectivity index (χ0) is 13.5. The minimum Gasteiger partial charge on any atom is -0.355 e. The average molecular weight is 272 g/mol. The van der Waals surface area contributed by atoms with Crippen LogP contribution in [0, 0.1) is 0 Å². The van der Waals surface area contributed by atoms with E-state index in [1.807, 2.05) is 6.26 Å². The van der Waals surface area contributed by atoms with Crippen molar-refractivity contribution >= 4 is 35.4 Å². The van der Waals surface area contributed by atoms with E-state index in [4.69, 9.17) is 0 Å². The Bertz CT molecular complexity index is 354. The number of nitrogens with one attached hydrogen (secondary N) is 1. The molecule has 1 saturated heterocycles. The molecule has 0 aromatic heterocycles. The predicted molar refractivity (Wildman–Crippen MR) is 66.7 cm³/mol. The maximum atomic E-state index is 11.6. The van der Waals surface area contributed by atoms with Crippen molar-refractivity contribution in [3.05, 3.63) is 0 Å². The Morgan fingerprint density at radius 2 is 1.83 bits per heavy atom. The number of hydrogen-bond donors (Lipinski definition) is 1. The normalized spacial score (nSPS) is 15.1. The van der Waals surface area contributed by atoms with Gasteiger partial charge in [0.25, 0.3) is 0 Å². The maximum absolute atomic E-state index is 11.6. The molecule has 0 bridgehead atoms. The number of carbonyl (C=O) groups excluding carboxylic acids is 4. The Morgan fingerprint density at radius 3 is 2.39 bits per heavy atom. The van der Waals surface area contributed by atoms with E-state index in [9.17, 15) is 19.2 Å². The minimum absolute atomic E-state index is 0.00424. The second-order valence-corrected chi connectivity index (χ2v) is 4.84. The van der Waals surface area contributed by atoms with Crippen molar-refractivity contribution in [1.29, 1.82) is 0 Å². The molecule has 0 aromatic carbocycles. The van der Waals surface area contributed by atoms with Gasteiger partial charge in [-0.3, -0.25) is 19.2 Å². The highest BCUT2D eigenvalue weighted by Gasteiger charge is 2.33. The molecule has 0 radical (unpaired) electrons. The molecule has 0 spiro atoms. The SMILES string of the molecule is CSCCNC(=O)CCC(=O)N1C(=O)CCC1=O. The van der Waals surface area contributed by atoms with Gasteiger partial charge in [-0.15, -0.1) is 0 Å². The van der Waals surface area contributed by atoms with E-state index in [-0.39, 0.29) is 31.6 Å². The van der Waals surface area contributed by atoms with Gasteiger partial charge < -0.3 is 5.32 Å². The molecule has 18 heavy (non-hydrogen) atoms. The van der Waals surface area contributed by atoms with Gasteiger partial charge in [0.15, 0.2) is 0 Å². The summed E-state index contributed by atoms with van der Waals surface area (Å²) in [6.07, 6.45) is 2.00. The number of imide groups is 3. The van der Waals surface area contributed by atoms with Crippen molar-refractivity contribution in [1.82, 2.24) is 10.2 Å². The number of thioether (sulfide) groups is 1. The molecule has 1 aliphatic heterocycles. The van der Waals surface area contributed by atoms with Crippen molar-refractivity contribution in [3.63, 3.8) is 0 Å². The Hall–Kier alpha value is -1.37. The van der Waals surface area contributed by atoms with E-state index in [1.165, 1.54) is 0 Å². The van der Waals surface area contributed by atoms with Crippen LogP contribution in [-0.2, 0) is 19.2 Å². The van der Waals surface area contributed by atoms with Gasteiger partial charge in [-0.05, 0) is 6.26 Å². The summed E-state index contributed by atoms with van der Waals surface area (Å²) in [5.41, 5.74) is 0. The number of amides is 4. The van der Waals surface area contributed by atoms with Crippen LogP contribution in [0.5, 0.6) is 0 Å². The Labute approximate surface area is 109 Å². The van der Waals surface area contributed by atoms with Crippen LogP contribution in [0.25, 0.3) is 0 Å². The lowest BCUT2D eigenvalue weighted by atomic mass is 10.2. The third-order valence-electron chi connectivity index (χ3n) is 2.50. The maximum Gasteiger partial charge on any atom is 0.236 e. The van der Waals surface area contributed by atoms with Gasteiger partial charge in [-0.2, -0.15) is 11.8 Å². The van der Waals surface area contributed by atoms with Crippen molar-refractivity contribution in [3.8, 4) is 0 Å². The average Bonchev–Trinajstić information content (AvgIpc) is 2.66. The molecule has 1 rings (SSSR count). The molecular weight excluding hydrogens is 256 g/mol. The second kappa shape index (κ2) is 7.15. The number of carbonyl (C=O) groups is 4. The predicted octanol–water partition coefficient (Wildman–Crippen LogP) is -0.0786. The van der Waals surface area contributed by atoms with Gasteiger partial charge in [0.2, 0.25) is 23.6 Å². The van der Waals surface area contributed by atoms with E-state index in [1.54, 1.807) is 11.8 Å². The number of hydrogen-bond acceptors (Lipinski definition) is 5. The molecule has 0 aliphatic carbocycles. The molecular formula is C11H16N2O4S. The molecule has 100 valence electrons. The molecule has 0 saturated carbocycles. The van der Waals surface area contributed by atoms with E-state index < -0.39 is 17.7 Å². The van der Waals surface area contributed by atoms with E-state index in [2.05, 4.69) is 5.32 Å². The molecule has 7 heteroatoms. The van der Waals surface area contributed by atoms with Crippen LogP contribution in [0.2, 0.25) is 0 Å². The molecule has 0 atom stereocenters. The zero-order valence-corrected chi connectivity index (χ0v) is 11.0. The summed E-state index contributed by atoms with van der Waals surface area (Å²) >= 11 is 1.61. The first-order chi connectivity index (χ1) is 8.56. The highest BCUT2D eigenvalue weighted by atomic mass is 32.2. The van der Waals surface area contributed by atoms with Crippen molar-refractivity contribution in [2.24, 2.45) is 0 Å². The lowest BCUT2D eigenvalue weighted by Gasteiger charge is -2.11. The highest BCUT2D eigenvalue weighted by molar-refractivity contribution is 7.98. The smallest absolute Gasteiger partial charge is 0.236 e. The Balaban J connectivity index is 2.30. The first-order valence-corrected chi connectivity index (χ1v) is 7.10. The Morgan fingerprint density at radius 1 is 1.22 bits per heavy atom. The summed E-state index contributed by atoms with van der Waals surface area (Å²) < 4.78 is 0. The summed E-state index contributed by atoms with van der Waals surface area (Å²) in [6.45, 7) is 0.551. The Kier molecular flexibility index (Phi) is 5.84. The third kappa shape index (κ3) is 4.14. The number of nitrogens with zero attached hydrogens (tertiary/aromatic N) is 1. The van der Waals surface area contributed by atoms with E-state index >= 15 is 0 Å². The summed E-state index contributed by atoms with van der Waals surface area (Å²) in [6, 6.07) is 0. The van der Waals surface area contributed by atoms with Crippen LogP contribution in [0.4, 0.5) is 0 Å². The van der Waals surface area contributed by atoms with Gasteiger partial charge >= 0.3 is 0 Å². The van der Waals surface area contributed by atoms with Gasteiger partial charge in [-0.1, -0.05) is 0 Å². The third-order valence-corrected chi connectivity index (χ3v) is 3.11. The summed E-state index contributed by atoms with van der Waals surface area (Å²) in [5.74, 6) is -0.942. The van der Waals surface area contributed by atoms with Crippen LogP contribution in [0.1, 0.15) is 25.7 Å². The fraction of sp³-hybridized carbons (Fsp3) is 0.636. The fourth-order valence-electron chi connectivity index (χ4n) is 1.57. The van der Waals surface area contributed by atoms with Crippen molar-refractivity contribution in [2.75, 3.05) is 18.6 Å². The standard InChI is InChI=1S/C11H16N2O4S/c1-18-7-6-12-8(14)2-3-9(15)13-10(16)4-5-11(13)17/h2-7H2,1H3,(H,12,14). The molecule has 4 amide bonds. The number of likely N-dealkylation sites (tertiary alicyclic amines) is 1. The zero-order valence-electron chi connectivity index (χ0n) is 10.2. The van der Waals surface area contributed by atoms with E-state index in [0.717, 1.165) is 5.75 Å². The van der Waals surface area contributed by atoms with Crippen LogP contribution in [0.3, 0.4) is 0 Å². The first kappa shape index (κ1) is 14.7. The van der Waals surface area contributed by atoms with Crippen molar-refractivity contribution < 1.29 is 19.2 Å². The molecule has 1 fully saturated rings. The van der Waals surface area contributed by atoms with Crippen LogP contribution in [0.15, 0.2) is 0 Å². The molecule has 0 aromatic rings. The van der Waals surface area contributed by atoms with E-state index in [0.29, 0.717) is 11.4 Å². The topological polar surface area (TPSA) is 83.6 Å². The lowest BCUT2D eigenvalue weighted by molar-refractivity contribution is -0.150. The highest BCUT2D eigenvalue weighted by Crippen LogP contribution is 2.13. The molecule has 0 unspecified atom stereocenters. The van der Waals surface area contributed by atoms with Crippen LogP contribution in [-0.4, -0.2) is 47.1 Å². The second-order valence-electron chi connectivity index (χ2n) is 3.86. The minimum atomic E-state index is -0.581. The molecule has 1 aliphatic rings. The largest absolute Gasteiger partial charge is 0.355 e. The molecule has 6 nitrogen and oxygen atoms in total. The molecule has 1 N–H and O–H groups in total. The van der Waals surface area contributed by atoms with Crippen LogP contribution >= 0.6 is 11.8 Å². The monoisotopic (exact) mass is 272 g/mol. The van der Waals surface area contributed by atoms with Gasteiger partial charge in [0.05, 0.1) is 0 Å².